The smallest absolute Gasteiger partial charge is 0.407 e. The molecule has 0 aromatic carbocycles. The fourth-order valence-corrected chi connectivity index (χ4v) is 4.08. The second-order valence-corrected chi connectivity index (χ2v) is 7.33. The van der Waals surface area contributed by atoms with Crippen LogP contribution in [0.3, 0.4) is 0 Å². The van der Waals surface area contributed by atoms with Crippen molar-refractivity contribution in [2.24, 2.45) is 11.3 Å². The van der Waals surface area contributed by atoms with Gasteiger partial charge in [-0.3, -0.25) is 4.79 Å². The molecular formula is C16H14Cl2N4O3. The van der Waals surface area contributed by atoms with Gasteiger partial charge in [0.1, 0.15) is 16.1 Å². The lowest BCUT2D eigenvalue weighted by Crippen LogP contribution is -2.28. The van der Waals surface area contributed by atoms with Gasteiger partial charge in [-0.25, -0.2) is 14.8 Å². The molecule has 2 N–H and O–H groups in total. The van der Waals surface area contributed by atoms with Gasteiger partial charge in [0.2, 0.25) is 5.91 Å². The van der Waals surface area contributed by atoms with Gasteiger partial charge < -0.3 is 15.3 Å². The maximum atomic E-state index is 12.5. The summed E-state index contributed by atoms with van der Waals surface area (Å²) in [6, 6.07) is 3.35. The van der Waals surface area contributed by atoms with Crippen LogP contribution in [0.1, 0.15) is 12.8 Å². The molecule has 0 radical (unpaired) electrons. The van der Waals surface area contributed by atoms with Crippen LogP contribution in [-0.2, 0) is 4.79 Å². The van der Waals surface area contributed by atoms with Crippen molar-refractivity contribution < 1.29 is 14.7 Å². The average Bonchev–Trinajstić information content (AvgIpc) is 3.06. The van der Waals surface area contributed by atoms with E-state index in [1.54, 1.807) is 18.3 Å². The van der Waals surface area contributed by atoms with E-state index in [4.69, 9.17) is 28.3 Å². The van der Waals surface area contributed by atoms with Gasteiger partial charge in [-0.1, -0.05) is 23.2 Å². The summed E-state index contributed by atoms with van der Waals surface area (Å²) < 4.78 is 0. The molecule has 2 aromatic heterocycles. The highest BCUT2D eigenvalue weighted by Crippen LogP contribution is 2.58. The first-order valence-electron chi connectivity index (χ1n) is 7.78. The molecule has 1 aliphatic carbocycles. The van der Waals surface area contributed by atoms with Crippen molar-refractivity contribution >= 4 is 51.8 Å². The summed E-state index contributed by atoms with van der Waals surface area (Å²) in [5.41, 5.74) is -0.212. The molecule has 2 aromatic rings. The summed E-state index contributed by atoms with van der Waals surface area (Å²) >= 11 is 11.9. The minimum Gasteiger partial charge on any atom is -0.465 e. The maximum absolute atomic E-state index is 12.5. The van der Waals surface area contributed by atoms with Crippen LogP contribution < -0.4 is 5.32 Å². The van der Waals surface area contributed by atoms with Crippen LogP contribution >= 0.6 is 23.2 Å². The fourth-order valence-electron chi connectivity index (χ4n) is 3.59. The summed E-state index contributed by atoms with van der Waals surface area (Å²) in [6.07, 6.45) is 2.04. The van der Waals surface area contributed by atoms with E-state index in [0.29, 0.717) is 30.7 Å². The number of aromatic nitrogens is 2. The molecule has 130 valence electrons. The third kappa shape index (κ3) is 2.87. The first-order valence-corrected chi connectivity index (χ1v) is 8.54. The van der Waals surface area contributed by atoms with E-state index in [1.807, 2.05) is 0 Å². The van der Waals surface area contributed by atoms with Crippen LogP contribution in [0.15, 0.2) is 18.3 Å². The largest absolute Gasteiger partial charge is 0.465 e. The molecule has 25 heavy (non-hydrogen) atoms. The Morgan fingerprint density at radius 2 is 2.16 bits per heavy atom. The van der Waals surface area contributed by atoms with Crippen LogP contribution in [0.4, 0.5) is 10.6 Å². The molecule has 0 bridgehead atoms. The molecule has 1 spiro atoms. The number of likely N-dealkylation sites (tertiary alicyclic amines) is 1. The topological polar surface area (TPSA) is 95.4 Å². The summed E-state index contributed by atoms with van der Waals surface area (Å²) in [6.45, 7) is 0.903. The number of halogens is 2. The second-order valence-electron chi connectivity index (χ2n) is 6.59. The quantitative estimate of drug-likeness (QED) is 0.779. The van der Waals surface area contributed by atoms with Crippen LogP contribution in [0.5, 0.6) is 0 Å². The van der Waals surface area contributed by atoms with Gasteiger partial charge in [0, 0.05) is 36.0 Å². The minimum atomic E-state index is -0.929. The molecule has 1 saturated heterocycles. The highest BCUT2D eigenvalue weighted by molar-refractivity contribution is 6.36. The van der Waals surface area contributed by atoms with E-state index in [-0.39, 0.29) is 27.5 Å². The molecule has 2 fully saturated rings. The molecular weight excluding hydrogens is 367 g/mol. The number of carbonyl (C=O) groups is 2. The van der Waals surface area contributed by atoms with Gasteiger partial charge in [0.15, 0.2) is 0 Å². The Bertz CT molecular complexity index is 906. The summed E-state index contributed by atoms with van der Waals surface area (Å²) in [4.78, 5) is 33.1. The number of hydrogen-bond acceptors (Lipinski definition) is 4. The Morgan fingerprint density at radius 1 is 1.36 bits per heavy atom. The Labute approximate surface area is 152 Å². The molecule has 4 rings (SSSR count). The van der Waals surface area contributed by atoms with Crippen molar-refractivity contribution in [1.82, 2.24) is 14.9 Å². The number of carbonyl (C=O) groups excluding carboxylic acids is 1. The zero-order chi connectivity index (χ0) is 17.8. The van der Waals surface area contributed by atoms with Crippen LogP contribution in [0.2, 0.25) is 10.3 Å². The van der Waals surface area contributed by atoms with Crippen LogP contribution in [0.25, 0.3) is 10.8 Å². The zero-order valence-corrected chi connectivity index (χ0v) is 14.5. The number of rotatable bonds is 2. The third-order valence-corrected chi connectivity index (χ3v) is 5.53. The van der Waals surface area contributed by atoms with Gasteiger partial charge in [0.25, 0.3) is 0 Å². The van der Waals surface area contributed by atoms with E-state index < -0.39 is 6.09 Å². The van der Waals surface area contributed by atoms with E-state index in [1.165, 1.54) is 4.90 Å². The molecule has 2 aliphatic rings. The molecule has 9 heteroatoms. The van der Waals surface area contributed by atoms with Crippen molar-refractivity contribution in [3.05, 3.63) is 28.6 Å². The third-order valence-electron chi connectivity index (χ3n) is 5.05. The number of amides is 2. The molecule has 1 aliphatic heterocycles. The monoisotopic (exact) mass is 380 g/mol. The van der Waals surface area contributed by atoms with Gasteiger partial charge >= 0.3 is 6.09 Å². The number of nitrogens with one attached hydrogen (secondary N) is 1. The molecule has 1 saturated carbocycles. The van der Waals surface area contributed by atoms with E-state index >= 15 is 0 Å². The van der Waals surface area contributed by atoms with Gasteiger partial charge in [0.05, 0.1) is 0 Å². The molecule has 7 nitrogen and oxygen atoms in total. The lowest BCUT2D eigenvalue weighted by Gasteiger charge is -2.12. The van der Waals surface area contributed by atoms with Crippen molar-refractivity contribution in [2.45, 2.75) is 12.8 Å². The Balaban J connectivity index is 1.49. The van der Waals surface area contributed by atoms with E-state index in [2.05, 4.69) is 15.3 Å². The Hall–Kier alpha value is -2.12. The summed E-state index contributed by atoms with van der Waals surface area (Å²) in [7, 11) is 0. The molecule has 2 unspecified atom stereocenters. The number of fused-ring (bicyclic) bond motifs is 1. The number of nitrogens with zero attached hydrogens (tertiary/aromatic N) is 3. The number of anilines is 1. The highest BCUT2D eigenvalue weighted by atomic mass is 35.5. The van der Waals surface area contributed by atoms with Gasteiger partial charge in [-0.2, -0.15) is 0 Å². The number of carboxylic acid groups (broad SMARTS) is 1. The fraction of sp³-hybridized carbons (Fsp3) is 0.375. The minimum absolute atomic E-state index is 0.134. The van der Waals surface area contributed by atoms with Crippen LogP contribution in [-0.4, -0.2) is 45.1 Å². The van der Waals surface area contributed by atoms with Gasteiger partial charge in [-0.15, -0.1) is 0 Å². The van der Waals surface area contributed by atoms with E-state index in [0.717, 1.165) is 11.8 Å². The first kappa shape index (κ1) is 16.4. The maximum Gasteiger partial charge on any atom is 0.407 e. The summed E-state index contributed by atoms with van der Waals surface area (Å²) in [5.74, 6) is 0.0928. The molecule has 3 heterocycles. The lowest BCUT2D eigenvalue weighted by atomic mass is 10.0. The second kappa shape index (κ2) is 5.71. The SMILES string of the molecule is O=C(Nc1cc2cc(Cl)nc(Cl)c2cn1)C1CC12CCN(C(=O)O)C2. The van der Waals surface area contributed by atoms with Crippen molar-refractivity contribution in [2.75, 3.05) is 18.4 Å². The normalized spacial score (nSPS) is 24.7. The van der Waals surface area contributed by atoms with Crippen molar-refractivity contribution in [3.63, 3.8) is 0 Å². The molecule has 2 atom stereocenters. The first-order chi connectivity index (χ1) is 11.9. The van der Waals surface area contributed by atoms with Gasteiger partial charge in [-0.05, 0) is 30.4 Å². The Kier molecular flexibility index (Phi) is 3.73. The lowest BCUT2D eigenvalue weighted by molar-refractivity contribution is -0.118. The van der Waals surface area contributed by atoms with Crippen molar-refractivity contribution in [3.8, 4) is 0 Å². The highest BCUT2D eigenvalue weighted by Gasteiger charge is 2.61. The molecule has 2 amide bonds. The predicted octanol–water partition coefficient (Wildman–Crippen LogP) is 3.27. The Morgan fingerprint density at radius 3 is 2.88 bits per heavy atom. The standard InChI is InChI=1S/C16H14Cl2N4O3/c17-11-3-8-4-12(19-6-9(8)13(18)20-11)21-14(23)10-5-16(10)1-2-22(7-16)15(24)25/h3-4,6,10H,1-2,5,7H2,(H,24,25)(H,19,21,23). The predicted molar refractivity (Wildman–Crippen MR) is 92.9 cm³/mol. The van der Waals surface area contributed by atoms with E-state index in [9.17, 15) is 9.59 Å². The van der Waals surface area contributed by atoms with Crippen molar-refractivity contribution in [1.29, 1.82) is 0 Å². The summed E-state index contributed by atoms with van der Waals surface area (Å²) in [5, 5.41) is 13.8. The number of hydrogen-bond donors (Lipinski definition) is 2. The zero-order valence-electron chi connectivity index (χ0n) is 13.0. The van der Waals surface area contributed by atoms with Crippen LogP contribution in [0, 0.1) is 11.3 Å². The average molecular weight is 381 g/mol. The number of pyridine rings is 2.